The predicted octanol–water partition coefficient (Wildman–Crippen LogP) is 0.935. The molecule has 0 bridgehead atoms. The van der Waals surface area contributed by atoms with E-state index in [4.69, 9.17) is 0 Å². The normalized spacial score (nSPS) is 26.5. The van der Waals surface area contributed by atoms with E-state index >= 15 is 0 Å². The van der Waals surface area contributed by atoms with Crippen molar-refractivity contribution in [3.8, 4) is 0 Å². The van der Waals surface area contributed by atoms with Crippen LogP contribution in [0.25, 0.3) is 0 Å². The highest BCUT2D eigenvalue weighted by molar-refractivity contribution is 4.78. The summed E-state index contributed by atoms with van der Waals surface area (Å²) in [4.78, 5) is 2.20. The molecule has 0 saturated carbocycles. The van der Waals surface area contributed by atoms with E-state index in [0.29, 0.717) is 0 Å². The average molecular weight is 178 g/mol. The second kappa shape index (κ2) is 4.72. The third-order valence-electron chi connectivity index (χ3n) is 2.25. The van der Waals surface area contributed by atoms with Crippen molar-refractivity contribution in [1.29, 1.82) is 0 Å². The number of nitrogens with one attached hydrogen (secondary N) is 1. The molecule has 1 rings (SSSR count). The molecule has 1 atom stereocenters. The van der Waals surface area contributed by atoms with Gasteiger partial charge in [0.1, 0.15) is 0 Å². The molecule has 1 fully saturated rings. The van der Waals surface area contributed by atoms with Gasteiger partial charge >= 0.3 is 0 Å². The Kier molecular flexibility index (Phi) is 3.88. The smallest absolute Gasteiger partial charge is 0.240 e. The van der Waals surface area contributed by atoms with E-state index in [-0.39, 0.29) is 12.5 Å². The van der Waals surface area contributed by atoms with Gasteiger partial charge in [0, 0.05) is 32.1 Å². The molecule has 1 saturated heterocycles. The van der Waals surface area contributed by atoms with Crippen molar-refractivity contribution in [3.05, 3.63) is 0 Å². The quantitative estimate of drug-likeness (QED) is 0.691. The van der Waals surface area contributed by atoms with Gasteiger partial charge in [-0.25, -0.2) is 8.78 Å². The van der Waals surface area contributed by atoms with Crippen LogP contribution in [0.4, 0.5) is 8.78 Å². The maximum atomic E-state index is 12.0. The molecule has 1 aliphatic rings. The zero-order valence-electron chi connectivity index (χ0n) is 7.39. The van der Waals surface area contributed by atoms with E-state index in [1.54, 1.807) is 0 Å². The van der Waals surface area contributed by atoms with E-state index in [9.17, 15) is 8.78 Å². The zero-order chi connectivity index (χ0) is 8.97. The number of piperazine rings is 1. The van der Waals surface area contributed by atoms with Gasteiger partial charge in [0.25, 0.3) is 0 Å². The molecular weight excluding hydrogens is 162 g/mol. The Labute approximate surface area is 71.9 Å². The fourth-order valence-corrected chi connectivity index (χ4v) is 1.55. The second-order valence-corrected chi connectivity index (χ2v) is 3.17. The van der Waals surface area contributed by atoms with Gasteiger partial charge in [-0.2, -0.15) is 0 Å². The van der Waals surface area contributed by atoms with Gasteiger partial charge in [0.15, 0.2) is 0 Å². The minimum absolute atomic E-state index is 0.0151. The highest BCUT2D eigenvalue weighted by Gasteiger charge is 2.20. The van der Waals surface area contributed by atoms with Crippen LogP contribution in [0.5, 0.6) is 0 Å². The zero-order valence-corrected chi connectivity index (χ0v) is 7.39. The van der Waals surface area contributed by atoms with Crippen molar-refractivity contribution in [2.75, 3.05) is 26.2 Å². The summed E-state index contributed by atoms with van der Waals surface area (Å²) in [5.74, 6) is 0. The molecule has 0 radical (unpaired) electrons. The van der Waals surface area contributed by atoms with Gasteiger partial charge in [-0.15, -0.1) is 0 Å². The predicted molar refractivity (Wildman–Crippen MR) is 44.5 cm³/mol. The third-order valence-corrected chi connectivity index (χ3v) is 2.25. The van der Waals surface area contributed by atoms with Gasteiger partial charge in [0.05, 0.1) is 0 Å². The minimum Gasteiger partial charge on any atom is -0.311 e. The molecule has 0 aliphatic carbocycles. The number of alkyl halides is 2. The summed E-state index contributed by atoms with van der Waals surface area (Å²) < 4.78 is 24.0. The SMILES string of the molecule is CCN1CCNC(CC(F)F)C1. The van der Waals surface area contributed by atoms with Crippen LogP contribution in [0.3, 0.4) is 0 Å². The van der Waals surface area contributed by atoms with Crippen molar-refractivity contribution in [3.63, 3.8) is 0 Å². The van der Waals surface area contributed by atoms with Crippen LogP contribution in [0.1, 0.15) is 13.3 Å². The third kappa shape index (κ3) is 3.03. The number of hydrogen-bond acceptors (Lipinski definition) is 2. The molecular formula is C8H16F2N2. The first-order valence-electron chi connectivity index (χ1n) is 4.46. The number of rotatable bonds is 3. The van der Waals surface area contributed by atoms with Gasteiger partial charge in [0.2, 0.25) is 6.43 Å². The van der Waals surface area contributed by atoms with E-state index in [1.165, 1.54) is 0 Å². The highest BCUT2D eigenvalue weighted by Crippen LogP contribution is 2.08. The van der Waals surface area contributed by atoms with E-state index in [2.05, 4.69) is 17.1 Å². The molecule has 1 heterocycles. The van der Waals surface area contributed by atoms with E-state index in [1.807, 2.05) is 0 Å². The number of likely N-dealkylation sites (N-methyl/N-ethyl adjacent to an activating group) is 1. The summed E-state index contributed by atoms with van der Waals surface area (Å²) in [5, 5.41) is 3.09. The first-order valence-corrected chi connectivity index (χ1v) is 4.46. The topological polar surface area (TPSA) is 15.3 Å². The van der Waals surface area contributed by atoms with Gasteiger partial charge in [-0.1, -0.05) is 6.92 Å². The summed E-state index contributed by atoms with van der Waals surface area (Å²) in [6.45, 7) is 5.61. The molecule has 0 aromatic heterocycles. The lowest BCUT2D eigenvalue weighted by Gasteiger charge is -2.32. The molecule has 4 heteroatoms. The van der Waals surface area contributed by atoms with Crippen molar-refractivity contribution in [1.82, 2.24) is 10.2 Å². The molecule has 72 valence electrons. The summed E-state index contributed by atoms with van der Waals surface area (Å²) in [5.41, 5.74) is 0. The Bertz CT molecular complexity index is 130. The van der Waals surface area contributed by atoms with Crippen molar-refractivity contribution in [2.24, 2.45) is 0 Å². The Morgan fingerprint density at radius 3 is 2.92 bits per heavy atom. The number of halogens is 2. The van der Waals surface area contributed by atoms with Crippen LogP contribution < -0.4 is 5.32 Å². The standard InChI is InChI=1S/C8H16F2N2/c1-2-12-4-3-11-7(6-12)5-8(9)10/h7-8,11H,2-6H2,1H3. The van der Waals surface area contributed by atoms with Crippen LogP contribution in [-0.2, 0) is 0 Å². The van der Waals surface area contributed by atoms with Crippen LogP contribution >= 0.6 is 0 Å². The Balaban J connectivity index is 2.25. The first-order chi connectivity index (χ1) is 5.72. The molecule has 0 spiro atoms. The van der Waals surface area contributed by atoms with Gasteiger partial charge in [-0.3, -0.25) is 0 Å². The van der Waals surface area contributed by atoms with Crippen LogP contribution in [0, 0.1) is 0 Å². The van der Waals surface area contributed by atoms with Crippen molar-refractivity contribution >= 4 is 0 Å². The van der Waals surface area contributed by atoms with Gasteiger partial charge in [-0.05, 0) is 6.54 Å². The molecule has 1 N–H and O–H groups in total. The maximum absolute atomic E-state index is 12.0. The lowest BCUT2D eigenvalue weighted by Crippen LogP contribution is -2.51. The van der Waals surface area contributed by atoms with Crippen LogP contribution in [0.2, 0.25) is 0 Å². The van der Waals surface area contributed by atoms with Crippen LogP contribution in [0.15, 0.2) is 0 Å². The summed E-state index contributed by atoms with van der Waals surface area (Å²) >= 11 is 0. The Morgan fingerprint density at radius 1 is 1.58 bits per heavy atom. The highest BCUT2D eigenvalue weighted by atomic mass is 19.3. The lowest BCUT2D eigenvalue weighted by molar-refractivity contribution is 0.0998. The van der Waals surface area contributed by atoms with E-state index in [0.717, 1.165) is 26.2 Å². The molecule has 0 aromatic rings. The average Bonchev–Trinajstić information content (AvgIpc) is 2.03. The molecule has 1 unspecified atom stereocenters. The maximum Gasteiger partial charge on any atom is 0.240 e. The molecule has 0 amide bonds. The number of hydrogen-bond donors (Lipinski definition) is 1. The fraction of sp³-hybridized carbons (Fsp3) is 1.00. The summed E-state index contributed by atoms with van der Waals surface area (Å²) in [6.07, 6.45) is -2.20. The van der Waals surface area contributed by atoms with Crippen molar-refractivity contribution in [2.45, 2.75) is 25.8 Å². The van der Waals surface area contributed by atoms with Crippen molar-refractivity contribution < 1.29 is 8.78 Å². The fourth-order valence-electron chi connectivity index (χ4n) is 1.55. The summed E-state index contributed by atoms with van der Waals surface area (Å²) in [7, 11) is 0. The van der Waals surface area contributed by atoms with Gasteiger partial charge < -0.3 is 10.2 Å². The molecule has 12 heavy (non-hydrogen) atoms. The molecule has 0 aromatic carbocycles. The Morgan fingerprint density at radius 2 is 2.33 bits per heavy atom. The summed E-state index contributed by atoms with van der Waals surface area (Å²) in [6, 6.07) is -0.0151. The monoisotopic (exact) mass is 178 g/mol. The molecule has 1 aliphatic heterocycles. The minimum atomic E-state index is -2.18. The molecule has 2 nitrogen and oxygen atoms in total. The first kappa shape index (κ1) is 9.86. The lowest BCUT2D eigenvalue weighted by atomic mass is 10.1. The largest absolute Gasteiger partial charge is 0.311 e. The number of nitrogens with zero attached hydrogens (tertiary/aromatic N) is 1. The van der Waals surface area contributed by atoms with Crippen LogP contribution in [-0.4, -0.2) is 43.5 Å². The Hall–Kier alpha value is -0.220. The van der Waals surface area contributed by atoms with E-state index < -0.39 is 6.43 Å². The second-order valence-electron chi connectivity index (χ2n) is 3.17.